The van der Waals surface area contributed by atoms with Crippen LogP contribution < -0.4 is 0 Å². The van der Waals surface area contributed by atoms with Crippen molar-refractivity contribution >= 4 is 38.4 Å². The number of nitrogens with zero attached hydrogens (tertiary/aromatic N) is 1. The third kappa shape index (κ3) is 2.16. The Morgan fingerprint density at radius 2 is 1.72 bits per heavy atom. The van der Waals surface area contributed by atoms with Crippen LogP contribution in [0.25, 0.3) is 10.9 Å². The van der Waals surface area contributed by atoms with Crippen molar-refractivity contribution in [3.8, 4) is 0 Å². The Labute approximate surface area is 111 Å². The van der Waals surface area contributed by atoms with E-state index in [0.717, 1.165) is 0 Å². The predicted octanol–water partition coefficient (Wildman–Crippen LogP) is 4.95. The number of alkyl halides is 3. The van der Waals surface area contributed by atoms with Crippen molar-refractivity contribution in [1.82, 2.24) is 4.98 Å². The lowest BCUT2D eigenvalue weighted by Crippen LogP contribution is -2.08. The highest BCUT2D eigenvalue weighted by Gasteiger charge is 2.34. The highest BCUT2D eigenvalue weighted by molar-refractivity contribution is 9.10. The van der Waals surface area contributed by atoms with Crippen molar-refractivity contribution in [3.05, 3.63) is 39.0 Å². The second-order valence-electron chi connectivity index (χ2n) is 3.36. The Bertz CT molecular complexity index is 640. The smallest absolute Gasteiger partial charge is 0.240 e. The van der Waals surface area contributed by atoms with Gasteiger partial charge < -0.3 is 0 Å². The predicted molar refractivity (Wildman–Crippen MR) is 59.4 cm³/mol. The maximum Gasteiger partial charge on any atom is 0.433 e. The largest absolute Gasteiger partial charge is 0.433 e. The summed E-state index contributed by atoms with van der Waals surface area (Å²) in [6.45, 7) is 0. The average Bonchev–Trinajstić information content (AvgIpc) is 2.24. The summed E-state index contributed by atoms with van der Waals surface area (Å²) in [6, 6.07) is 0.962. The van der Waals surface area contributed by atoms with Crippen LogP contribution >= 0.6 is 27.5 Å². The molecule has 0 N–H and O–H groups in total. The minimum Gasteiger partial charge on any atom is -0.240 e. The molecule has 8 heteroatoms. The van der Waals surface area contributed by atoms with Gasteiger partial charge in [0.1, 0.15) is 17.0 Å². The van der Waals surface area contributed by atoms with Crippen LogP contribution in [0.2, 0.25) is 5.02 Å². The Morgan fingerprint density at radius 3 is 2.28 bits per heavy atom. The summed E-state index contributed by atoms with van der Waals surface area (Å²) in [4.78, 5) is 3.13. The van der Waals surface area contributed by atoms with Crippen LogP contribution in [0, 0.1) is 11.6 Å². The molecule has 0 aliphatic carbocycles. The van der Waals surface area contributed by atoms with E-state index in [0.29, 0.717) is 12.1 Å². The Hall–Kier alpha value is -0.950. The molecule has 0 saturated carbocycles. The summed E-state index contributed by atoms with van der Waals surface area (Å²) in [5.74, 6) is -2.18. The summed E-state index contributed by atoms with van der Waals surface area (Å²) in [7, 11) is 0. The van der Waals surface area contributed by atoms with Crippen molar-refractivity contribution in [2.45, 2.75) is 6.18 Å². The number of aromatic nitrogens is 1. The molecule has 0 amide bonds. The molecule has 1 aromatic heterocycles. The quantitative estimate of drug-likeness (QED) is 0.486. The first-order chi connectivity index (χ1) is 8.21. The van der Waals surface area contributed by atoms with Gasteiger partial charge in [-0.15, -0.1) is 0 Å². The molecule has 1 aromatic carbocycles. The molecule has 18 heavy (non-hydrogen) atoms. The average molecular weight is 346 g/mol. The second-order valence-corrected chi connectivity index (χ2v) is 4.57. The Morgan fingerprint density at radius 1 is 1.11 bits per heavy atom. The van der Waals surface area contributed by atoms with E-state index in [9.17, 15) is 22.0 Å². The van der Waals surface area contributed by atoms with Gasteiger partial charge in [-0.1, -0.05) is 11.6 Å². The van der Waals surface area contributed by atoms with Gasteiger partial charge in [-0.05, 0) is 22.0 Å². The molecule has 2 aromatic rings. The van der Waals surface area contributed by atoms with Crippen molar-refractivity contribution in [1.29, 1.82) is 0 Å². The zero-order valence-corrected chi connectivity index (χ0v) is 10.6. The fraction of sp³-hybridized carbons (Fsp3) is 0.100. The Balaban J connectivity index is 2.91. The van der Waals surface area contributed by atoms with Gasteiger partial charge in [0.15, 0.2) is 5.82 Å². The van der Waals surface area contributed by atoms with E-state index in [1.165, 1.54) is 0 Å². The summed E-state index contributed by atoms with van der Waals surface area (Å²) in [5, 5.41) is -0.667. The third-order valence-electron chi connectivity index (χ3n) is 2.17. The van der Waals surface area contributed by atoms with Crippen LogP contribution in [0.5, 0.6) is 0 Å². The standard InChI is InChI=1S/C10H2BrClF5N/c11-8-4(13)2-5(14)9-7(8)3(12)1-6(18-9)10(15,16)17/h1-2H. The van der Waals surface area contributed by atoms with Gasteiger partial charge in [-0.25, -0.2) is 13.8 Å². The van der Waals surface area contributed by atoms with E-state index < -0.39 is 34.0 Å². The molecule has 2 rings (SSSR count). The van der Waals surface area contributed by atoms with Crippen LogP contribution in [0.15, 0.2) is 16.6 Å². The third-order valence-corrected chi connectivity index (χ3v) is 3.24. The van der Waals surface area contributed by atoms with Gasteiger partial charge in [0.25, 0.3) is 0 Å². The van der Waals surface area contributed by atoms with Gasteiger partial charge in [-0.3, -0.25) is 0 Å². The van der Waals surface area contributed by atoms with Crippen LogP contribution in [-0.4, -0.2) is 4.98 Å². The highest BCUT2D eigenvalue weighted by Crippen LogP contribution is 2.37. The van der Waals surface area contributed by atoms with Crippen molar-refractivity contribution < 1.29 is 22.0 Å². The molecule has 0 radical (unpaired) electrons. The lowest BCUT2D eigenvalue weighted by Gasteiger charge is -2.10. The summed E-state index contributed by atoms with van der Waals surface area (Å²) < 4.78 is 63.9. The van der Waals surface area contributed by atoms with E-state index in [4.69, 9.17) is 11.6 Å². The van der Waals surface area contributed by atoms with Crippen LogP contribution in [0.1, 0.15) is 5.69 Å². The van der Waals surface area contributed by atoms with Gasteiger partial charge >= 0.3 is 6.18 Å². The van der Waals surface area contributed by atoms with Gasteiger partial charge in [0, 0.05) is 11.5 Å². The molecule has 0 spiro atoms. The summed E-state index contributed by atoms with van der Waals surface area (Å²) in [5.41, 5.74) is -1.97. The SMILES string of the molecule is Fc1cc(F)c2nc(C(F)(F)F)cc(Cl)c2c1Br. The highest BCUT2D eigenvalue weighted by atomic mass is 79.9. The zero-order chi connectivity index (χ0) is 13.7. The molecule has 0 aliphatic heterocycles. The topological polar surface area (TPSA) is 12.9 Å². The van der Waals surface area contributed by atoms with E-state index >= 15 is 0 Å². The number of hydrogen-bond donors (Lipinski definition) is 0. The second kappa shape index (κ2) is 4.31. The molecule has 96 valence electrons. The van der Waals surface area contributed by atoms with E-state index in [-0.39, 0.29) is 9.86 Å². The lowest BCUT2D eigenvalue weighted by molar-refractivity contribution is -0.140. The van der Waals surface area contributed by atoms with Crippen LogP contribution in [0.3, 0.4) is 0 Å². The monoisotopic (exact) mass is 345 g/mol. The maximum absolute atomic E-state index is 13.4. The minimum absolute atomic E-state index is 0.231. The zero-order valence-electron chi connectivity index (χ0n) is 8.25. The first kappa shape index (κ1) is 13.5. The van der Waals surface area contributed by atoms with E-state index in [2.05, 4.69) is 20.9 Å². The fourth-order valence-electron chi connectivity index (χ4n) is 1.40. The molecule has 0 fully saturated rings. The number of hydrogen-bond acceptors (Lipinski definition) is 1. The molecule has 0 atom stereocenters. The van der Waals surface area contributed by atoms with Crippen molar-refractivity contribution in [3.63, 3.8) is 0 Å². The summed E-state index contributed by atoms with van der Waals surface area (Å²) in [6.07, 6.45) is -4.76. The lowest BCUT2D eigenvalue weighted by atomic mass is 10.2. The number of halogens is 7. The molecular formula is C10H2BrClF5N. The summed E-state index contributed by atoms with van der Waals surface area (Å²) >= 11 is 8.41. The minimum atomic E-state index is -4.76. The molecule has 0 saturated heterocycles. The van der Waals surface area contributed by atoms with Crippen LogP contribution in [0.4, 0.5) is 22.0 Å². The van der Waals surface area contributed by atoms with Gasteiger partial charge in [-0.2, -0.15) is 13.2 Å². The fourth-order valence-corrected chi connectivity index (χ4v) is 2.32. The van der Waals surface area contributed by atoms with Gasteiger partial charge in [0.2, 0.25) is 0 Å². The Kier molecular flexibility index (Phi) is 3.23. The van der Waals surface area contributed by atoms with E-state index in [1.54, 1.807) is 0 Å². The molecule has 0 aliphatic rings. The number of benzene rings is 1. The number of fused-ring (bicyclic) bond motifs is 1. The van der Waals surface area contributed by atoms with Crippen LogP contribution in [-0.2, 0) is 6.18 Å². The number of pyridine rings is 1. The molecule has 1 nitrogen and oxygen atoms in total. The number of rotatable bonds is 0. The molecular weight excluding hydrogens is 344 g/mol. The van der Waals surface area contributed by atoms with Crippen molar-refractivity contribution in [2.75, 3.05) is 0 Å². The molecule has 0 unspecified atom stereocenters. The van der Waals surface area contributed by atoms with Gasteiger partial charge in [0.05, 0.1) is 9.50 Å². The molecule has 1 heterocycles. The van der Waals surface area contributed by atoms with Crippen molar-refractivity contribution in [2.24, 2.45) is 0 Å². The normalized spacial score (nSPS) is 12.2. The molecule has 0 bridgehead atoms. The maximum atomic E-state index is 13.4. The van der Waals surface area contributed by atoms with E-state index in [1.807, 2.05) is 0 Å². The first-order valence-electron chi connectivity index (χ1n) is 4.42. The first-order valence-corrected chi connectivity index (χ1v) is 5.60.